The smallest absolute Gasteiger partial charge is 0.141 e. The molecular weight excluding hydrogens is 318 g/mol. The molecule has 2 heterocycles. The van der Waals surface area contributed by atoms with Crippen molar-refractivity contribution in [3.05, 3.63) is 65.2 Å². The first-order valence-electron chi connectivity index (χ1n) is 6.12. The van der Waals surface area contributed by atoms with Gasteiger partial charge in [0.05, 0.1) is 0 Å². The van der Waals surface area contributed by atoms with E-state index < -0.39 is 0 Å². The minimum Gasteiger partial charge on any atom is -0.508 e. The van der Waals surface area contributed by atoms with E-state index in [9.17, 15) is 5.11 Å². The average Bonchev–Trinajstić information content (AvgIpc) is 2.89. The number of hydrogen-bond acceptors (Lipinski definition) is 3. The number of imidazole rings is 1. The molecule has 0 unspecified atom stereocenters. The molecule has 5 heteroatoms. The van der Waals surface area contributed by atoms with E-state index in [0.29, 0.717) is 6.54 Å². The van der Waals surface area contributed by atoms with Gasteiger partial charge in [-0.15, -0.1) is 0 Å². The molecule has 0 bridgehead atoms. The van der Waals surface area contributed by atoms with Gasteiger partial charge in [-0.05, 0) is 39.7 Å². The Bertz CT molecular complexity index is 722. The molecule has 0 spiro atoms. The van der Waals surface area contributed by atoms with Gasteiger partial charge in [-0.3, -0.25) is 4.98 Å². The monoisotopic (exact) mass is 329 g/mol. The second kappa shape index (κ2) is 5.46. The van der Waals surface area contributed by atoms with Crippen LogP contribution in [0, 0.1) is 0 Å². The van der Waals surface area contributed by atoms with Crippen LogP contribution >= 0.6 is 15.9 Å². The van der Waals surface area contributed by atoms with Crippen molar-refractivity contribution in [3.8, 4) is 17.1 Å². The molecule has 0 aliphatic carbocycles. The lowest BCUT2D eigenvalue weighted by molar-refractivity contribution is 0.475. The minimum absolute atomic E-state index is 0.274. The Morgan fingerprint density at radius 3 is 2.70 bits per heavy atom. The molecule has 0 radical (unpaired) electrons. The van der Waals surface area contributed by atoms with E-state index in [1.165, 1.54) is 0 Å². The van der Waals surface area contributed by atoms with Crippen LogP contribution in [-0.4, -0.2) is 19.6 Å². The Balaban J connectivity index is 1.92. The third-order valence-corrected chi connectivity index (χ3v) is 3.40. The lowest BCUT2D eigenvalue weighted by atomic mass is 10.2. The molecule has 0 aliphatic rings. The van der Waals surface area contributed by atoms with Gasteiger partial charge in [-0.2, -0.15) is 0 Å². The van der Waals surface area contributed by atoms with Crippen molar-refractivity contribution in [1.82, 2.24) is 14.5 Å². The van der Waals surface area contributed by atoms with E-state index in [2.05, 4.69) is 30.5 Å². The second-order valence-corrected chi connectivity index (χ2v) is 5.35. The number of aromatic nitrogens is 3. The van der Waals surface area contributed by atoms with Crippen LogP contribution in [0.1, 0.15) is 5.56 Å². The number of nitrogens with zero attached hydrogens (tertiary/aromatic N) is 3. The van der Waals surface area contributed by atoms with E-state index in [4.69, 9.17) is 0 Å². The van der Waals surface area contributed by atoms with Crippen molar-refractivity contribution < 1.29 is 5.11 Å². The standard InChI is InChI=1S/C15H12BrN3O/c16-13-7-12(8-17-9-13)15-18-5-6-19(15)10-11-1-3-14(20)4-2-11/h1-9,20H,10H2. The SMILES string of the molecule is Oc1ccc(Cn2ccnc2-c2cncc(Br)c2)cc1. The number of phenols is 1. The Labute approximate surface area is 124 Å². The lowest BCUT2D eigenvalue weighted by Gasteiger charge is -2.08. The molecular formula is C15H12BrN3O. The van der Waals surface area contributed by atoms with Crippen LogP contribution in [-0.2, 0) is 6.54 Å². The normalized spacial score (nSPS) is 10.7. The molecule has 0 atom stereocenters. The number of phenolic OH excluding ortho intramolecular Hbond substituents is 1. The summed E-state index contributed by atoms with van der Waals surface area (Å²) in [5.41, 5.74) is 2.06. The number of hydrogen-bond donors (Lipinski definition) is 1. The summed E-state index contributed by atoms with van der Waals surface area (Å²) in [5, 5.41) is 9.31. The van der Waals surface area contributed by atoms with E-state index in [1.807, 2.05) is 24.4 Å². The van der Waals surface area contributed by atoms with Crippen LogP contribution in [0.5, 0.6) is 5.75 Å². The highest BCUT2D eigenvalue weighted by atomic mass is 79.9. The highest BCUT2D eigenvalue weighted by Gasteiger charge is 2.07. The Hall–Kier alpha value is -2.14. The number of aromatic hydroxyl groups is 1. The first-order valence-corrected chi connectivity index (χ1v) is 6.91. The van der Waals surface area contributed by atoms with E-state index in [-0.39, 0.29) is 5.75 Å². The average molecular weight is 330 g/mol. The maximum absolute atomic E-state index is 9.31. The summed E-state index contributed by atoms with van der Waals surface area (Å²) in [5.74, 6) is 1.14. The van der Waals surface area contributed by atoms with Gasteiger partial charge in [0.25, 0.3) is 0 Å². The molecule has 0 saturated heterocycles. The van der Waals surface area contributed by atoms with Crippen molar-refractivity contribution in [2.24, 2.45) is 0 Å². The molecule has 3 rings (SSSR count). The van der Waals surface area contributed by atoms with E-state index >= 15 is 0 Å². The molecule has 0 saturated carbocycles. The second-order valence-electron chi connectivity index (χ2n) is 4.44. The highest BCUT2D eigenvalue weighted by Crippen LogP contribution is 2.21. The van der Waals surface area contributed by atoms with Crippen LogP contribution in [0.15, 0.2) is 59.6 Å². The minimum atomic E-state index is 0.274. The van der Waals surface area contributed by atoms with Crippen LogP contribution in [0.2, 0.25) is 0 Å². The molecule has 1 N–H and O–H groups in total. The summed E-state index contributed by atoms with van der Waals surface area (Å²) in [6.45, 7) is 0.697. The molecule has 0 aliphatic heterocycles. The molecule has 0 fully saturated rings. The summed E-state index contributed by atoms with van der Waals surface area (Å²) in [7, 11) is 0. The predicted molar refractivity (Wildman–Crippen MR) is 80.4 cm³/mol. The van der Waals surface area contributed by atoms with Crippen molar-refractivity contribution in [2.75, 3.05) is 0 Å². The summed E-state index contributed by atoms with van der Waals surface area (Å²) < 4.78 is 2.98. The Morgan fingerprint density at radius 2 is 1.95 bits per heavy atom. The van der Waals surface area contributed by atoms with Crippen molar-refractivity contribution in [2.45, 2.75) is 6.54 Å². The number of rotatable bonds is 3. The molecule has 100 valence electrons. The van der Waals surface area contributed by atoms with Gasteiger partial charge < -0.3 is 9.67 Å². The summed E-state index contributed by atoms with van der Waals surface area (Å²) in [6, 6.07) is 9.17. The van der Waals surface area contributed by atoms with Crippen molar-refractivity contribution >= 4 is 15.9 Å². The van der Waals surface area contributed by atoms with Crippen LogP contribution in [0.4, 0.5) is 0 Å². The fourth-order valence-electron chi connectivity index (χ4n) is 2.03. The zero-order valence-corrected chi connectivity index (χ0v) is 12.2. The predicted octanol–water partition coefficient (Wildman–Crippen LogP) is 3.46. The zero-order chi connectivity index (χ0) is 13.9. The Kier molecular flexibility index (Phi) is 3.52. The molecule has 4 nitrogen and oxygen atoms in total. The number of pyridine rings is 1. The number of benzene rings is 1. The Morgan fingerprint density at radius 1 is 1.15 bits per heavy atom. The maximum atomic E-state index is 9.31. The van der Waals surface area contributed by atoms with E-state index in [1.54, 1.807) is 30.7 Å². The summed E-state index contributed by atoms with van der Waals surface area (Å²) in [6.07, 6.45) is 7.25. The van der Waals surface area contributed by atoms with E-state index in [0.717, 1.165) is 21.4 Å². The topological polar surface area (TPSA) is 50.9 Å². The molecule has 3 aromatic rings. The lowest BCUT2D eigenvalue weighted by Crippen LogP contribution is -2.01. The summed E-state index contributed by atoms with van der Waals surface area (Å²) >= 11 is 3.42. The molecule has 0 amide bonds. The highest BCUT2D eigenvalue weighted by molar-refractivity contribution is 9.10. The van der Waals surface area contributed by atoms with Gasteiger partial charge in [-0.1, -0.05) is 12.1 Å². The van der Waals surface area contributed by atoms with Gasteiger partial charge in [0.15, 0.2) is 0 Å². The zero-order valence-electron chi connectivity index (χ0n) is 10.6. The quantitative estimate of drug-likeness (QED) is 0.800. The third kappa shape index (κ3) is 2.72. The van der Waals surface area contributed by atoms with Crippen LogP contribution < -0.4 is 0 Å². The largest absolute Gasteiger partial charge is 0.508 e. The van der Waals surface area contributed by atoms with Gasteiger partial charge in [-0.25, -0.2) is 4.98 Å². The van der Waals surface area contributed by atoms with Gasteiger partial charge in [0.1, 0.15) is 11.6 Å². The third-order valence-electron chi connectivity index (χ3n) is 2.97. The molecule has 1 aromatic carbocycles. The fourth-order valence-corrected chi connectivity index (χ4v) is 2.39. The maximum Gasteiger partial charge on any atom is 0.141 e. The van der Waals surface area contributed by atoms with Crippen molar-refractivity contribution in [3.63, 3.8) is 0 Å². The van der Waals surface area contributed by atoms with Gasteiger partial charge >= 0.3 is 0 Å². The fraction of sp³-hybridized carbons (Fsp3) is 0.0667. The molecule has 2 aromatic heterocycles. The van der Waals surface area contributed by atoms with Gasteiger partial charge in [0, 0.05) is 41.4 Å². The van der Waals surface area contributed by atoms with Crippen LogP contribution in [0.3, 0.4) is 0 Å². The number of halogens is 1. The van der Waals surface area contributed by atoms with Crippen LogP contribution in [0.25, 0.3) is 11.4 Å². The summed E-state index contributed by atoms with van der Waals surface area (Å²) in [4.78, 5) is 8.56. The van der Waals surface area contributed by atoms with Gasteiger partial charge in [0.2, 0.25) is 0 Å². The molecule has 20 heavy (non-hydrogen) atoms. The van der Waals surface area contributed by atoms with Crippen molar-refractivity contribution in [1.29, 1.82) is 0 Å². The first kappa shape index (κ1) is 12.9. The first-order chi connectivity index (χ1) is 9.72.